The molecule has 0 unspecified atom stereocenters. The number of hydrogen-bond donors (Lipinski definition) is 1. The van der Waals surface area contributed by atoms with Crippen molar-refractivity contribution in [2.24, 2.45) is 0 Å². The van der Waals surface area contributed by atoms with Crippen molar-refractivity contribution in [1.29, 1.82) is 0 Å². The molecule has 0 amide bonds. The van der Waals surface area contributed by atoms with Crippen LogP contribution in [-0.2, 0) is 9.84 Å². The van der Waals surface area contributed by atoms with Crippen molar-refractivity contribution < 1.29 is 23.2 Å². The summed E-state index contributed by atoms with van der Waals surface area (Å²) in [5.41, 5.74) is -1.48. The lowest BCUT2D eigenvalue weighted by atomic mass is 10.2. The normalized spacial score (nSPS) is 11.2. The summed E-state index contributed by atoms with van der Waals surface area (Å²) in [5.74, 6) is -1.76. The van der Waals surface area contributed by atoms with Crippen LogP contribution in [0.15, 0.2) is 23.1 Å². The molecule has 0 aliphatic heterocycles. The first kappa shape index (κ1) is 16.1. The molecule has 0 aliphatic carbocycles. The Morgan fingerprint density at radius 2 is 2.00 bits per heavy atom. The van der Waals surface area contributed by atoms with E-state index in [-0.39, 0.29) is 5.75 Å². The molecule has 7 nitrogen and oxygen atoms in total. The number of unbranched alkanes of at least 4 members (excludes halogenated alkanes) is 2. The molecular weight excluding hydrogens is 286 g/mol. The number of carboxylic acid groups (broad SMARTS) is 1. The molecule has 1 rings (SSSR count). The van der Waals surface area contributed by atoms with Gasteiger partial charge in [-0.3, -0.25) is 10.1 Å². The summed E-state index contributed by atoms with van der Waals surface area (Å²) in [7, 11) is -3.87. The standard InChI is InChI=1S/C12H15NO6S/c1-2-3-4-8-20(18,19)10-7-5-6-9(12(14)15)11(10)13(16)17/h5-7H,2-4,8H2,1H3,(H,14,15). The number of aromatic carboxylic acids is 1. The van der Waals surface area contributed by atoms with Crippen molar-refractivity contribution in [3.05, 3.63) is 33.9 Å². The van der Waals surface area contributed by atoms with Gasteiger partial charge in [-0.1, -0.05) is 25.8 Å². The van der Waals surface area contributed by atoms with Gasteiger partial charge in [0.2, 0.25) is 0 Å². The highest BCUT2D eigenvalue weighted by atomic mass is 32.2. The molecule has 1 aromatic carbocycles. The maximum absolute atomic E-state index is 12.1. The molecule has 0 saturated heterocycles. The van der Waals surface area contributed by atoms with Crippen LogP contribution in [0.2, 0.25) is 0 Å². The van der Waals surface area contributed by atoms with Crippen molar-refractivity contribution >= 4 is 21.5 Å². The SMILES string of the molecule is CCCCCS(=O)(=O)c1cccc(C(=O)O)c1[N+](=O)[O-]. The van der Waals surface area contributed by atoms with Gasteiger partial charge in [0.25, 0.3) is 0 Å². The number of sulfone groups is 1. The fraction of sp³-hybridized carbons (Fsp3) is 0.417. The lowest BCUT2D eigenvalue weighted by Gasteiger charge is -2.06. The van der Waals surface area contributed by atoms with Crippen molar-refractivity contribution in [2.45, 2.75) is 31.1 Å². The Labute approximate surface area is 116 Å². The van der Waals surface area contributed by atoms with E-state index in [9.17, 15) is 23.3 Å². The quantitative estimate of drug-likeness (QED) is 0.469. The Bertz CT molecular complexity index is 623. The summed E-state index contributed by atoms with van der Waals surface area (Å²) in [6.45, 7) is 1.90. The Hall–Kier alpha value is -1.96. The van der Waals surface area contributed by atoms with Crippen molar-refractivity contribution in [3.63, 3.8) is 0 Å². The average molecular weight is 301 g/mol. The van der Waals surface area contributed by atoms with E-state index in [0.717, 1.165) is 18.6 Å². The van der Waals surface area contributed by atoms with Gasteiger partial charge in [-0.15, -0.1) is 0 Å². The topological polar surface area (TPSA) is 115 Å². The van der Waals surface area contributed by atoms with Gasteiger partial charge >= 0.3 is 11.7 Å². The maximum Gasteiger partial charge on any atom is 0.342 e. The average Bonchev–Trinajstić information content (AvgIpc) is 2.37. The molecule has 0 saturated carbocycles. The van der Waals surface area contributed by atoms with Crippen LogP contribution < -0.4 is 0 Å². The molecule has 0 atom stereocenters. The highest BCUT2D eigenvalue weighted by Gasteiger charge is 2.31. The largest absolute Gasteiger partial charge is 0.477 e. The minimum atomic E-state index is -3.87. The zero-order chi connectivity index (χ0) is 15.3. The summed E-state index contributed by atoms with van der Waals surface area (Å²) in [5, 5.41) is 19.9. The predicted octanol–water partition coefficient (Wildman–Crippen LogP) is 2.26. The van der Waals surface area contributed by atoms with Gasteiger partial charge in [0.05, 0.1) is 10.7 Å². The molecule has 0 spiro atoms. The lowest BCUT2D eigenvalue weighted by molar-refractivity contribution is -0.388. The van der Waals surface area contributed by atoms with E-state index in [1.165, 1.54) is 6.07 Å². The van der Waals surface area contributed by atoms with Gasteiger partial charge in [0, 0.05) is 0 Å². The van der Waals surface area contributed by atoms with E-state index >= 15 is 0 Å². The Morgan fingerprint density at radius 3 is 2.50 bits per heavy atom. The predicted molar refractivity (Wildman–Crippen MR) is 71.6 cm³/mol. The van der Waals surface area contributed by atoms with Gasteiger partial charge < -0.3 is 5.11 Å². The highest BCUT2D eigenvalue weighted by Crippen LogP contribution is 2.29. The van der Waals surface area contributed by atoms with Crippen LogP contribution in [0, 0.1) is 10.1 Å². The Morgan fingerprint density at radius 1 is 1.35 bits per heavy atom. The van der Waals surface area contributed by atoms with Gasteiger partial charge in [-0.2, -0.15) is 0 Å². The van der Waals surface area contributed by atoms with Crippen LogP contribution in [-0.4, -0.2) is 30.2 Å². The van der Waals surface area contributed by atoms with E-state index in [4.69, 9.17) is 5.11 Å². The van der Waals surface area contributed by atoms with Gasteiger partial charge in [-0.25, -0.2) is 13.2 Å². The molecule has 0 aromatic heterocycles. The van der Waals surface area contributed by atoms with Gasteiger partial charge in [-0.05, 0) is 18.6 Å². The Kier molecular flexibility index (Phi) is 5.20. The van der Waals surface area contributed by atoms with Gasteiger partial charge in [0.1, 0.15) is 10.5 Å². The van der Waals surface area contributed by atoms with Crippen LogP contribution in [0.25, 0.3) is 0 Å². The number of benzene rings is 1. The molecule has 0 heterocycles. The van der Waals surface area contributed by atoms with Crippen LogP contribution in [0.5, 0.6) is 0 Å². The number of rotatable bonds is 7. The number of carboxylic acids is 1. The summed E-state index contributed by atoms with van der Waals surface area (Å²) in [6.07, 6.45) is 1.88. The third kappa shape index (κ3) is 3.53. The fourth-order valence-corrected chi connectivity index (χ4v) is 3.36. The number of nitro groups is 1. The van der Waals surface area contributed by atoms with Crippen molar-refractivity contribution in [2.75, 3.05) is 5.75 Å². The monoisotopic (exact) mass is 301 g/mol. The highest BCUT2D eigenvalue weighted by molar-refractivity contribution is 7.91. The fourth-order valence-electron chi connectivity index (χ4n) is 1.79. The van der Waals surface area contributed by atoms with E-state index < -0.39 is 36.9 Å². The minimum absolute atomic E-state index is 0.231. The second-order valence-corrected chi connectivity index (χ2v) is 6.32. The summed E-state index contributed by atoms with van der Waals surface area (Å²) in [4.78, 5) is 20.5. The molecule has 0 radical (unpaired) electrons. The smallest absolute Gasteiger partial charge is 0.342 e. The van der Waals surface area contributed by atoms with E-state index in [2.05, 4.69) is 0 Å². The zero-order valence-electron chi connectivity index (χ0n) is 10.9. The summed E-state index contributed by atoms with van der Waals surface area (Å²) < 4.78 is 24.2. The molecule has 110 valence electrons. The minimum Gasteiger partial charge on any atom is -0.477 e. The summed E-state index contributed by atoms with van der Waals surface area (Å²) in [6, 6.07) is 3.29. The molecular formula is C12H15NO6S. The summed E-state index contributed by atoms with van der Waals surface area (Å²) >= 11 is 0. The molecule has 1 aromatic rings. The lowest BCUT2D eigenvalue weighted by Crippen LogP contribution is -2.12. The van der Waals surface area contributed by atoms with Crippen molar-refractivity contribution in [3.8, 4) is 0 Å². The Balaban J connectivity index is 3.34. The number of carbonyl (C=O) groups is 1. The maximum atomic E-state index is 12.1. The van der Waals surface area contributed by atoms with Crippen LogP contribution in [0.4, 0.5) is 5.69 Å². The van der Waals surface area contributed by atoms with E-state index in [1.807, 2.05) is 6.92 Å². The third-order valence-electron chi connectivity index (χ3n) is 2.76. The van der Waals surface area contributed by atoms with Crippen LogP contribution in [0.3, 0.4) is 0 Å². The molecule has 0 fully saturated rings. The van der Waals surface area contributed by atoms with E-state index in [1.54, 1.807) is 0 Å². The van der Waals surface area contributed by atoms with Gasteiger partial charge in [0.15, 0.2) is 9.84 Å². The zero-order valence-corrected chi connectivity index (χ0v) is 11.7. The molecule has 20 heavy (non-hydrogen) atoms. The molecule has 8 heteroatoms. The van der Waals surface area contributed by atoms with E-state index in [0.29, 0.717) is 12.8 Å². The third-order valence-corrected chi connectivity index (χ3v) is 4.59. The first-order valence-corrected chi connectivity index (χ1v) is 7.70. The molecule has 0 bridgehead atoms. The number of nitro benzene ring substituents is 1. The second-order valence-electron chi connectivity index (χ2n) is 4.24. The van der Waals surface area contributed by atoms with Crippen LogP contribution >= 0.6 is 0 Å². The first-order valence-electron chi connectivity index (χ1n) is 6.04. The molecule has 0 aliphatic rings. The number of hydrogen-bond acceptors (Lipinski definition) is 5. The van der Waals surface area contributed by atoms with Crippen molar-refractivity contribution in [1.82, 2.24) is 0 Å². The molecule has 1 N–H and O–H groups in total. The van der Waals surface area contributed by atoms with Crippen LogP contribution in [0.1, 0.15) is 36.5 Å². The number of para-hydroxylation sites is 1. The number of nitrogens with zero attached hydrogens (tertiary/aromatic N) is 1. The second kappa shape index (κ2) is 6.47. The first-order chi connectivity index (χ1) is 9.31.